The molecule has 1 saturated heterocycles. The summed E-state index contributed by atoms with van der Waals surface area (Å²) in [5, 5.41) is 3.70. The van der Waals surface area contributed by atoms with Gasteiger partial charge in [0.1, 0.15) is 5.00 Å². The van der Waals surface area contributed by atoms with E-state index in [9.17, 15) is 9.59 Å². The molecule has 1 fully saturated rings. The fourth-order valence-corrected chi connectivity index (χ4v) is 5.29. The zero-order valence-electron chi connectivity index (χ0n) is 17.4. The lowest BCUT2D eigenvalue weighted by atomic mass is 9.95. The van der Waals surface area contributed by atoms with Gasteiger partial charge in [-0.05, 0) is 58.1 Å². The molecule has 1 amide bonds. The van der Waals surface area contributed by atoms with Crippen molar-refractivity contribution in [3.8, 4) is 0 Å². The van der Waals surface area contributed by atoms with Crippen LogP contribution < -0.4 is 5.32 Å². The number of fused-ring (bicyclic) bond motifs is 1. The number of hydrogen-bond donors (Lipinski definition) is 1. The number of rotatable bonds is 7. The van der Waals surface area contributed by atoms with E-state index < -0.39 is 0 Å². The average Bonchev–Trinajstić information content (AvgIpc) is 3.00. The Hall–Kier alpha value is -1.44. The number of hydrogen-bond acceptors (Lipinski definition) is 6. The predicted octanol–water partition coefficient (Wildman–Crippen LogP) is 3.16. The molecule has 1 aromatic heterocycles. The summed E-state index contributed by atoms with van der Waals surface area (Å²) in [5.74, 6) is -0.348. The number of thiophene rings is 1. The molecule has 7 heteroatoms. The third-order valence-corrected chi connectivity index (χ3v) is 6.55. The van der Waals surface area contributed by atoms with E-state index in [1.165, 1.54) is 11.3 Å². The maximum absolute atomic E-state index is 12.7. The largest absolute Gasteiger partial charge is 0.459 e. The van der Waals surface area contributed by atoms with Crippen LogP contribution in [0.5, 0.6) is 0 Å². The van der Waals surface area contributed by atoms with Gasteiger partial charge >= 0.3 is 5.97 Å². The van der Waals surface area contributed by atoms with Gasteiger partial charge in [0, 0.05) is 31.1 Å². The molecular formula is C21H33N3O3S. The molecule has 1 aliphatic carbocycles. The molecule has 1 aromatic rings. The Kier molecular flexibility index (Phi) is 7.48. The predicted molar refractivity (Wildman–Crippen MR) is 113 cm³/mol. The molecule has 0 atom stereocenters. The second kappa shape index (κ2) is 9.85. The zero-order valence-corrected chi connectivity index (χ0v) is 18.2. The first-order chi connectivity index (χ1) is 13.5. The van der Waals surface area contributed by atoms with Crippen LogP contribution >= 0.6 is 11.3 Å². The molecule has 0 spiro atoms. The summed E-state index contributed by atoms with van der Waals surface area (Å²) in [5.41, 5.74) is 1.68. The van der Waals surface area contributed by atoms with Gasteiger partial charge < -0.3 is 15.0 Å². The minimum Gasteiger partial charge on any atom is -0.459 e. The Bertz CT molecular complexity index is 693. The molecule has 6 nitrogen and oxygen atoms in total. The average molecular weight is 408 g/mol. The highest BCUT2D eigenvalue weighted by molar-refractivity contribution is 7.17. The van der Waals surface area contributed by atoms with Gasteiger partial charge in [-0.3, -0.25) is 9.69 Å². The summed E-state index contributed by atoms with van der Waals surface area (Å²) in [7, 11) is 0. The van der Waals surface area contributed by atoms with Crippen LogP contribution in [0.4, 0.5) is 5.00 Å². The molecule has 28 heavy (non-hydrogen) atoms. The Morgan fingerprint density at radius 3 is 2.46 bits per heavy atom. The van der Waals surface area contributed by atoms with Crippen LogP contribution in [0.2, 0.25) is 0 Å². The molecule has 2 heterocycles. The molecule has 0 aromatic carbocycles. The van der Waals surface area contributed by atoms with Gasteiger partial charge in [-0.15, -0.1) is 11.3 Å². The molecule has 0 bridgehead atoms. The standard InChI is InChI=1S/C21H33N3O3S/c1-4-9-23-10-12-24(13-11-23)14-18(25)22-20-19(21(26)27-15(2)3)16-7-5-6-8-17(16)28-20/h15H,4-14H2,1-3H3,(H,22,25). The van der Waals surface area contributed by atoms with Crippen LogP contribution in [0.25, 0.3) is 0 Å². The first kappa shape index (κ1) is 21.3. The summed E-state index contributed by atoms with van der Waals surface area (Å²) in [4.78, 5) is 31.3. The maximum Gasteiger partial charge on any atom is 0.341 e. The maximum atomic E-state index is 12.7. The molecule has 3 rings (SSSR count). The fourth-order valence-electron chi connectivity index (χ4n) is 4.00. The third kappa shape index (κ3) is 5.33. The lowest BCUT2D eigenvalue weighted by Crippen LogP contribution is -2.48. The van der Waals surface area contributed by atoms with Crippen LogP contribution in [0, 0.1) is 0 Å². The van der Waals surface area contributed by atoms with E-state index in [2.05, 4.69) is 22.0 Å². The minimum absolute atomic E-state index is 0.0406. The van der Waals surface area contributed by atoms with Crippen LogP contribution in [0.1, 0.15) is 60.8 Å². The monoisotopic (exact) mass is 407 g/mol. The van der Waals surface area contributed by atoms with Crippen LogP contribution in [-0.4, -0.2) is 67.0 Å². The highest BCUT2D eigenvalue weighted by Gasteiger charge is 2.28. The van der Waals surface area contributed by atoms with Gasteiger partial charge in [0.2, 0.25) is 5.91 Å². The van der Waals surface area contributed by atoms with Gasteiger partial charge in [-0.1, -0.05) is 6.92 Å². The first-order valence-corrected chi connectivity index (χ1v) is 11.4. The number of nitrogens with zero attached hydrogens (tertiary/aromatic N) is 2. The second-order valence-electron chi connectivity index (χ2n) is 8.04. The van der Waals surface area contributed by atoms with E-state index in [-0.39, 0.29) is 18.0 Å². The number of esters is 1. The Morgan fingerprint density at radius 2 is 1.79 bits per heavy atom. The number of carbonyl (C=O) groups is 2. The second-order valence-corrected chi connectivity index (χ2v) is 9.14. The van der Waals surface area contributed by atoms with Crippen LogP contribution in [-0.2, 0) is 22.4 Å². The molecule has 1 aliphatic heterocycles. The van der Waals surface area contributed by atoms with Crippen molar-refractivity contribution in [2.24, 2.45) is 0 Å². The summed E-state index contributed by atoms with van der Waals surface area (Å²) < 4.78 is 5.47. The number of ether oxygens (including phenoxy) is 1. The van der Waals surface area contributed by atoms with Crippen LogP contribution in [0.3, 0.4) is 0 Å². The quantitative estimate of drug-likeness (QED) is 0.704. The lowest BCUT2D eigenvalue weighted by Gasteiger charge is -2.34. The molecule has 0 radical (unpaired) electrons. The van der Waals surface area contributed by atoms with E-state index in [1.807, 2.05) is 13.8 Å². The summed E-state index contributed by atoms with van der Waals surface area (Å²) >= 11 is 1.56. The summed E-state index contributed by atoms with van der Waals surface area (Å²) in [6.45, 7) is 11.3. The highest BCUT2D eigenvalue weighted by atomic mass is 32.1. The van der Waals surface area contributed by atoms with Crippen LogP contribution in [0.15, 0.2) is 0 Å². The van der Waals surface area contributed by atoms with E-state index in [1.54, 1.807) is 11.3 Å². The summed E-state index contributed by atoms with van der Waals surface area (Å²) in [6.07, 6.45) is 5.09. The van der Waals surface area contributed by atoms with Crippen molar-refractivity contribution < 1.29 is 14.3 Å². The number of nitrogens with one attached hydrogen (secondary N) is 1. The van der Waals surface area contributed by atoms with Crippen molar-refractivity contribution in [1.29, 1.82) is 0 Å². The number of carbonyl (C=O) groups excluding carboxylic acids is 2. The normalized spacial score (nSPS) is 18.1. The van der Waals surface area contributed by atoms with Crippen molar-refractivity contribution in [1.82, 2.24) is 9.80 Å². The highest BCUT2D eigenvalue weighted by Crippen LogP contribution is 2.38. The first-order valence-electron chi connectivity index (χ1n) is 10.6. The summed E-state index contributed by atoms with van der Waals surface area (Å²) in [6, 6.07) is 0. The van der Waals surface area contributed by atoms with Gasteiger partial charge in [0.05, 0.1) is 18.2 Å². The SMILES string of the molecule is CCCN1CCN(CC(=O)Nc2sc3c(c2C(=O)OC(C)C)CCCC3)CC1. The Labute approximate surface area is 172 Å². The van der Waals surface area contributed by atoms with Crippen molar-refractivity contribution in [2.45, 2.75) is 59.0 Å². The van der Waals surface area contributed by atoms with Crippen molar-refractivity contribution in [2.75, 3.05) is 44.6 Å². The Morgan fingerprint density at radius 1 is 1.11 bits per heavy atom. The lowest BCUT2D eigenvalue weighted by molar-refractivity contribution is -0.117. The van der Waals surface area contributed by atoms with Gasteiger partial charge in [0.25, 0.3) is 0 Å². The van der Waals surface area contributed by atoms with E-state index in [0.717, 1.165) is 64.0 Å². The molecule has 156 valence electrons. The minimum atomic E-state index is -0.308. The molecule has 1 N–H and O–H groups in total. The van der Waals surface area contributed by atoms with Crippen molar-refractivity contribution in [3.63, 3.8) is 0 Å². The van der Waals surface area contributed by atoms with Gasteiger partial charge in [-0.25, -0.2) is 4.79 Å². The fraction of sp³-hybridized carbons (Fsp3) is 0.714. The number of amides is 1. The topological polar surface area (TPSA) is 61.9 Å². The van der Waals surface area contributed by atoms with Crippen molar-refractivity contribution in [3.05, 3.63) is 16.0 Å². The molecule has 0 saturated carbocycles. The van der Waals surface area contributed by atoms with E-state index >= 15 is 0 Å². The molecule has 0 unspecified atom stereocenters. The van der Waals surface area contributed by atoms with Crippen molar-refractivity contribution >= 4 is 28.2 Å². The van der Waals surface area contributed by atoms with E-state index in [0.29, 0.717) is 17.1 Å². The molecular weight excluding hydrogens is 374 g/mol. The molecule has 2 aliphatic rings. The van der Waals surface area contributed by atoms with E-state index in [4.69, 9.17) is 4.74 Å². The van der Waals surface area contributed by atoms with Gasteiger partial charge in [0.15, 0.2) is 0 Å². The third-order valence-electron chi connectivity index (χ3n) is 5.34. The number of piperazine rings is 1. The van der Waals surface area contributed by atoms with Gasteiger partial charge in [-0.2, -0.15) is 0 Å². The zero-order chi connectivity index (χ0) is 20.1. The smallest absolute Gasteiger partial charge is 0.341 e. The number of aryl methyl sites for hydroxylation is 1. The Balaban J connectivity index is 1.65. The number of anilines is 1.